The third-order valence-corrected chi connectivity index (χ3v) is 5.28. The van der Waals surface area contributed by atoms with Crippen molar-refractivity contribution in [3.05, 3.63) is 71.3 Å². The Balaban J connectivity index is 1.49. The minimum Gasteiger partial charge on any atom is -0.496 e. The lowest BCUT2D eigenvalue weighted by atomic mass is 9.95. The molecule has 5 heteroatoms. The van der Waals surface area contributed by atoms with Gasteiger partial charge in [-0.2, -0.15) is 0 Å². The normalized spacial score (nSPS) is 14.8. The number of carbonyl (C=O) groups is 2. The summed E-state index contributed by atoms with van der Waals surface area (Å²) in [5.41, 5.74) is 3.08. The minimum atomic E-state index is -0.0383. The van der Waals surface area contributed by atoms with Crippen molar-refractivity contribution in [2.45, 2.75) is 26.3 Å². The van der Waals surface area contributed by atoms with Crippen molar-refractivity contribution in [3.8, 4) is 5.75 Å². The van der Waals surface area contributed by atoms with E-state index in [0.29, 0.717) is 32.5 Å². The summed E-state index contributed by atoms with van der Waals surface area (Å²) in [4.78, 5) is 26.8. The highest BCUT2D eigenvalue weighted by Crippen LogP contribution is 2.22. The molecule has 152 valence electrons. The Labute approximate surface area is 172 Å². The molecule has 5 nitrogen and oxygen atoms in total. The van der Waals surface area contributed by atoms with Gasteiger partial charge in [-0.25, -0.2) is 0 Å². The number of aryl methyl sites for hydroxylation is 1. The molecule has 1 fully saturated rings. The number of likely N-dealkylation sites (tertiary alicyclic amines) is 1. The quantitative estimate of drug-likeness (QED) is 0.765. The molecule has 0 radical (unpaired) electrons. The molecule has 1 aliphatic heterocycles. The monoisotopic (exact) mass is 392 g/mol. The van der Waals surface area contributed by atoms with Crippen LogP contribution in [0.5, 0.6) is 5.75 Å². The lowest BCUT2D eigenvalue weighted by Gasteiger charge is -2.30. The third-order valence-electron chi connectivity index (χ3n) is 5.28. The van der Waals surface area contributed by atoms with Gasteiger partial charge in [-0.1, -0.05) is 42.0 Å². The first-order valence-corrected chi connectivity index (χ1v) is 10.00. The summed E-state index contributed by atoms with van der Waals surface area (Å²) < 4.78 is 5.35. The highest BCUT2D eigenvalue weighted by atomic mass is 16.5. The zero-order chi connectivity index (χ0) is 20.6. The summed E-state index contributed by atoms with van der Waals surface area (Å²) in [6.45, 7) is 3.74. The Morgan fingerprint density at radius 2 is 1.86 bits per heavy atom. The van der Waals surface area contributed by atoms with E-state index in [1.807, 2.05) is 55.5 Å². The van der Waals surface area contributed by atoms with Crippen molar-refractivity contribution in [2.75, 3.05) is 20.2 Å². The van der Waals surface area contributed by atoms with Crippen LogP contribution in [0, 0.1) is 12.8 Å². The number of methoxy groups -OCH3 is 1. The van der Waals surface area contributed by atoms with Crippen LogP contribution in [0.2, 0.25) is 0 Å². The maximum atomic E-state index is 12.5. The molecule has 0 bridgehead atoms. The fraction of sp³-hybridized carbons (Fsp3) is 0.333. The molecule has 0 aromatic heterocycles. The van der Waals surface area contributed by atoms with Crippen LogP contribution in [0.15, 0.2) is 54.6 Å². The number of ether oxygens (including phenoxy) is 1. The average molecular weight is 392 g/mol. The fourth-order valence-corrected chi connectivity index (χ4v) is 3.54. The summed E-state index contributed by atoms with van der Waals surface area (Å²) in [6.07, 6.45) is 4.77. The number of nitrogens with one attached hydrogen (secondary N) is 1. The first-order valence-electron chi connectivity index (χ1n) is 10.00. The highest BCUT2D eigenvalue weighted by Gasteiger charge is 2.26. The van der Waals surface area contributed by atoms with Gasteiger partial charge in [-0.3, -0.25) is 9.59 Å². The molecule has 1 heterocycles. The largest absolute Gasteiger partial charge is 0.496 e. The van der Waals surface area contributed by atoms with Crippen molar-refractivity contribution in [1.82, 2.24) is 10.2 Å². The second-order valence-electron chi connectivity index (χ2n) is 7.38. The van der Waals surface area contributed by atoms with Gasteiger partial charge in [0.05, 0.1) is 7.11 Å². The van der Waals surface area contributed by atoms with Crippen LogP contribution in [0.4, 0.5) is 0 Å². The number of piperidine rings is 1. The van der Waals surface area contributed by atoms with E-state index in [0.717, 1.165) is 22.4 Å². The molecular formula is C24H28N2O3. The second-order valence-corrected chi connectivity index (χ2v) is 7.38. The molecular weight excluding hydrogens is 364 g/mol. The zero-order valence-corrected chi connectivity index (χ0v) is 17.1. The van der Waals surface area contributed by atoms with Gasteiger partial charge in [0.15, 0.2) is 0 Å². The van der Waals surface area contributed by atoms with Gasteiger partial charge in [0.25, 0.3) is 0 Å². The van der Waals surface area contributed by atoms with E-state index in [2.05, 4.69) is 5.32 Å². The Morgan fingerprint density at radius 1 is 1.14 bits per heavy atom. The molecule has 3 rings (SSSR count). The van der Waals surface area contributed by atoms with Crippen LogP contribution < -0.4 is 10.1 Å². The van der Waals surface area contributed by atoms with Gasteiger partial charge in [0.2, 0.25) is 11.8 Å². The minimum absolute atomic E-state index is 0.0308. The summed E-state index contributed by atoms with van der Waals surface area (Å²) >= 11 is 0. The summed E-state index contributed by atoms with van der Waals surface area (Å²) in [5, 5.41) is 3.01. The van der Waals surface area contributed by atoms with Crippen LogP contribution in [0.25, 0.3) is 6.08 Å². The second kappa shape index (κ2) is 9.92. The van der Waals surface area contributed by atoms with Gasteiger partial charge < -0.3 is 15.0 Å². The number of amides is 2. The van der Waals surface area contributed by atoms with Gasteiger partial charge in [-0.05, 0) is 43.5 Å². The molecule has 0 spiro atoms. The summed E-state index contributed by atoms with van der Waals surface area (Å²) in [7, 11) is 1.62. The number of nitrogens with zero attached hydrogens (tertiary/aromatic N) is 1. The molecule has 0 atom stereocenters. The van der Waals surface area contributed by atoms with Crippen molar-refractivity contribution >= 4 is 17.9 Å². The average Bonchev–Trinajstić information content (AvgIpc) is 2.76. The molecule has 1 saturated heterocycles. The Hall–Kier alpha value is -3.08. The van der Waals surface area contributed by atoms with E-state index >= 15 is 0 Å². The van der Waals surface area contributed by atoms with E-state index in [1.165, 1.54) is 0 Å². The Morgan fingerprint density at radius 3 is 2.55 bits per heavy atom. The maximum Gasteiger partial charge on any atom is 0.246 e. The number of rotatable bonds is 6. The molecule has 0 aliphatic carbocycles. The number of hydrogen-bond acceptors (Lipinski definition) is 3. The lowest BCUT2D eigenvalue weighted by molar-refractivity contribution is -0.132. The first-order chi connectivity index (χ1) is 14.1. The highest BCUT2D eigenvalue weighted by molar-refractivity contribution is 5.92. The summed E-state index contributed by atoms with van der Waals surface area (Å²) in [6, 6.07) is 15.8. The third kappa shape index (κ3) is 5.70. The fourth-order valence-electron chi connectivity index (χ4n) is 3.54. The van der Waals surface area contributed by atoms with Gasteiger partial charge in [-0.15, -0.1) is 0 Å². The molecule has 2 amide bonds. The van der Waals surface area contributed by atoms with Gasteiger partial charge in [0, 0.05) is 37.2 Å². The summed E-state index contributed by atoms with van der Waals surface area (Å²) in [5.74, 6) is 0.745. The molecule has 1 aliphatic rings. The van der Waals surface area contributed by atoms with E-state index in [-0.39, 0.29) is 17.7 Å². The first kappa shape index (κ1) is 20.6. The van der Waals surface area contributed by atoms with E-state index in [9.17, 15) is 9.59 Å². The van der Waals surface area contributed by atoms with Gasteiger partial charge >= 0.3 is 0 Å². The Kier molecular flexibility index (Phi) is 7.06. The molecule has 0 saturated carbocycles. The standard InChI is InChI=1S/C24H28N2O3/c1-18-8-10-22(29-2)21(16-18)9-11-23(27)26-14-12-20(13-15-26)24(28)25-17-19-6-4-3-5-7-19/h3-11,16,20H,12-15,17H2,1-2H3,(H,25,28)/b11-9+. The molecule has 29 heavy (non-hydrogen) atoms. The SMILES string of the molecule is COc1ccc(C)cc1/C=C/C(=O)N1CCC(C(=O)NCc2ccccc2)CC1. The van der Waals surface area contributed by atoms with Crippen LogP contribution >= 0.6 is 0 Å². The van der Waals surface area contributed by atoms with Gasteiger partial charge in [0.1, 0.15) is 5.75 Å². The Bertz CT molecular complexity index is 869. The van der Waals surface area contributed by atoms with Crippen LogP contribution in [-0.2, 0) is 16.1 Å². The lowest BCUT2D eigenvalue weighted by Crippen LogP contribution is -2.42. The van der Waals surface area contributed by atoms with Crippen LogP contribution in [-0.4, -0.2) is 36.9 Å². The smallest absolute Gasteiger partial charge is 0.246 e. The van der Waals surface area contributed by atoms with Crippen LogP contribution in [0.1, 0.15) is 29.5 Å². The van der Waals surface area contributed by atoms with Crippen molar-refractivity contribution in [3.63, 3.8) is 0 Å². The molecule has 1 N–H and O–H groups in total. The van der Waals surface area contributed by atoms with Crippen LogP contribution in [0.3, 0.4) is 0 Å². The van der Waals surface area contributed by atoms with Crippen molar-refractivity contribution in [1.29, 1.82) is 0 Å². The molecule has 2 aromatic rings. The topological polar surface area (TPSA) is 58.6 Å². The van der Waals surface area contributed by atoms with E-state index in [1.54, 1.807) is 24.2 Å². The molecule has 0 unspecified atom stereocenters. The molecule has 2 aromatic carbocycles. The van der Waals surface area contributed by atoms with Crippen molar-refractivity contribution in [2.24, 2.45) is 5.92 Å². The van der Waals surface area contributed by atoms with E-state index < -0.39 is 0 Å². The zero-order valence-electron chi connectivity index (χ0n) is 17.1. The maximum absolute atomic E-state index is 12.5. The van der Waals surface area contributed by atoms with E-state index in [4.69, 9.17) is 4.74 Å². The number of hydrogen-bond donors (Lipinski definition) is 1. The van der Waals surface area contributed by atoms with Crippen molar-refractivity contribution < 1.29 is 14.3 Å². The number of carbonyl (C=O) groups excluding carboxylic acids is 2. The predicted octanol–water partition coefficient (Wildman–Crippen LogP) is 3.57. The predicted molar refractivity (Wildman–Crippen MR) is 114 cm³/mol. The number of benzene rings is 2.